The number of amides is 2. The van der Waals surface area contributed by atoms with E-state index in [-0.39, 0.29) is 28.5 Å². The number of anilines is 1. The van der Waals surface area contributed by atoms with Crippen LogP contribution in [0, 0.1) is 5.92 Å². The molecule has 2 heterocycles. The van der Waals surface area contributed by atoms with E-state index in [9.17, 15) is 18.0 Å². The van der Waals surface area contributed by atoms with Crippen LogP contribution >= 0.6 is 0 Å². The molecule has 0 radical (unpaired) electrons. The van der Waals surface area contributed by atoms with Crippen molar-refractivity contribution in [3.05, 3.63) is 54.1 Å². The number of benzene rings is 1. The molecule has 0 spiro atoms. The molecule has 1 fully saturated rings. The van der Waals surface area contributed by atoms with Gasteiger partial charge < -0.3 is 26.0 Å². The standard InChI is InChI=1S/C25H30N6O5S/c1-14(2)37(34,35)16-11-28-23(29-12-16)17-6-5-7-19(22(17)36-4)30-20-10-21(31-24(32)15-8-9-15)27-13-18(20)25(33)26-3/h5-7,10-15,21,27,30H,8-9H2,1-4H3,(H,26,33)(H,31,32). The number of carbonyl (C=O) groups excluding carboxylic acids is 2. The van der Waals surface area contributed by atoms with Gasteiger partial charge in [0.15, 0.2) is 21.4 Å². The number of dihydropyridines is 1. The molecule has 2 aromatic rings. The maximum atomic E-state index is 12.5. The number of rotatable bonds is 9. The SMILES string of the molecule is CNC(=O)C1=CNC(NC(=O)C2CC2)C=C1Nc1cccc(-c2ncc(S(=O)(=O)C(C)C)cn2)c1OC. The van der Waals surface area contributed by atoms with E-state index in [0.717, 1.165) is 12.8 Å². The van der Waals surface area contributed by atoms with E-state index in [1.165, 1.54) is 26.6 Å². The van der Waals surface area contributed by atoms with E-state index >= 15 is 0 Å². The van der Waals surface area contributed by atoms with E-state index < -0.39 is 21.3 Å². The second-order valence-electron chi connectivity index (χ2n) is 8.99. The van der Waals surface area contributed by atoms with Crippen molar-refractivity contribution in [1.29, 1.82) is 0 Å². The zero-order chi connectivity index (χ0) is 26.7. The summed E-state index contributed by atoms with van der Waals surface area (Å²) in [5.41, 5.74) is 1.86. The molecule has 1 aromatic heterocycles. The molecule has 0 bridgehead atoms. The molecular formula is C25H30N6O5S. The molecule has 12 heteroatoms. The van der Waals surface area contributed by atoms with Crippen molar-refractivity contribution in [2.45, 2.75) is 43.0 Å². The van der Waals surface area contributed by atoms with E-state index in [0.29, 0.717) is 28.3 Å². The van der Waals surface area contributed by atoms with Crippen LogP contribution in [0.3, 0.4) is 0 Å². The zero-order valence-corrected chi connectivity index (χ0v) is 21.8. The lowest BCUT2D eigenvalue weighted by atomic mass is 10.1. The topological polar surface area (TPSA) is 151 Å². The molecule has 1 aromatic carbocycles. The number of nitrogens with one attached hydrogen (secondary N) is 4. The van der Waals surface area contributed by atoms with Crippen molar-refractivity contribution >= 4 is 27.3 Å². The molecule has 196 valence electrons. The van der Waals surface area contributed by atoms with Gasteiger partial charge in [-0.25, -0.2) is 18.4 Å². The molecule has 0 saturated heterocycles. The summed E-state index contributed by atoms with van der Waals surface area (Å²) in [6.45, 7) is 3.20. The Hall–Kier alpha value is -3.93. The molecule has 4 rings (SSSR count). The Morgan fingerprint density at radius 1 is 1.16 bits per heavy atom. The quantitative estimate of drug-likeness (QED) is 0.383. The highest BCUT2D eigenvalue weighted by Crippen LogP contribution is 2.36. The summed E-state index contributed by atoms with van der Waals surface area (Å²) in [5.74, 6) is 0.355. The normalized spacial score (nSPS) is 17.3. The lowest BCUT2D eigenvalue weighted by molar-refractivity contribution is -0.122. The number of para-hydroxylation sites is 1. The number of hydrogen-bond donors (Lipinski definition) is 4. The molecule has 1 aliphatic carbocycles. The third kappa shape index (κ3) is 5.58. The Labute approximate surface area is 215 Å². The fraction of sp³-hybridized carbons (Fsp3) is 0.360. The molecule has 37 heavy (non-hydrogen) atoms. The predicted octanol–water partition coefficient (Wildman–Crippen LogP) is 1.72. The number of methoxy groups -OCH3 is 1. The molecule has 11 nitrogen and oxygen atoms in total. The van der Waals surface area contributed by atoms with Gasteiger partial charge in [0.2, 0.25) is 5.91 Å². The highest BCUT2D eigenvalue weighted by atomic mass is 32.2. The number of ether oxygens (including phenoxy) is 1. The third-order valence-electron chi connectivity index (χ3n) is 6.06. The Kier molecular flexibility index (Phi) is 7.48. The average Bonchev–Trinajstić information content (AvgIpc) is 3.74. The summed E-state index contributed by atoms with van der Waals surface area (Å²) in [5, 5.41) is 11.2. The number of likely N-dealkylation sites (N-methyl/N-ethyl adjacent to an activating group) is 1. The number of carbonyl (C=O) groups is 2. The van der Waals surface area contributed by atoms with Gasteiger partial charge in [0.1, 0.15) is 11.1 Å². The molecule has 1 saturated carbocycles. The Morgan fingerprint density at radius 3 is 2.46 bits per heavy atom. The van der Waals surface area contributed by atoms with Crippen LogP contribution in [0.1, 0.15) is 26.7 Å². The van der Waals surface area contributed by atoms with Crippen molar-refractivity contribution < 1.29 is 22.7 Å². The lowest BCUT2D eigenvalue weighted by Gasteiger charge is -2.25. The van der Waals surface area contributed by atoms with Gasteiger partial charge in [-0.05, 0) is 44.9 Å². The molecule has 1 unspecified atom stereocenters. The number of hydrogen-bond acceptors (Lipinski definition) is 9. The minimum atomic E-state index is -3.51. The van der Waals surface area contributed by atoms with Gasteiger partial charge in [0, 0.05) is 31.6 Å². The molecule has 2 amide bonds. The van der Waals surface area contributed by atoms with Gasteiger partial charge in [-0.3, -0.25) is 9.59 Å². The Balaban J connectivity index is 1.65. The van der Waals surface area contributed by atoms with Gasteiger partial charge in [-0.2, -0.15) is 0 Å². The molecule has 1 aliphatic heterocycles. The predicted molar refractivity (Wildman–Crippen MR) is 138 cm³/mol. The summed E-state index contributed by atoms with van der Waals surface area (Å²) in [6, 6.07) is 5.28. The van der Waals surface area contributed by atoms with Crippen molar-refractivity contribution in [2.24, 2.45) is 5.92 Å². The first kappa shape index (κ1) is 26.1. The fourth-order valence-corrected chi connectivity index (χ4v) is 4.68. The van der Waals surface area contributed by atoms with E-state index in [2.05, 4.69) is 31.2 Å². The first-order chi connectivity index (χ1) is 17.6. The zero-order valence-electron chi connectivity index (χ0n) is 21.0. The summed E-state index contributed by atoms with van der Waals surface area (Å²) >= 11 is 0. The van der Waals surface area contributed by atoms with Crippen LogP contribution < -0.4 is 26.0 Å². The van der Waals surface area contributed by atoms with Crippen LogP contribution in [-0.2, 0) is 19.4 Å². The van der Waals surface area contributed by atoms with Crippen molar-refractivity contribution in [3.63, 3.8) is 0 Å². The lowest BCUT2D eigenvalue weighted by Crippen LogP contribution is -2.45. The van der Waals surface area contributed by atoms with Gasteiger partial charge in [-0.15, -0.1) is 0 Å². The second kappa shape index (κ2) is 10.6. The summed E-state index contributed by atoms with van der Waals surface area (Å²) in [7, 11) is -0.483. The molecule has 4 N–H and O–H groups in total. The first-order valence-electron chi connectivity index (χ1n) is 11.9. The minimum absolute atomic E-state index is 0.0367. The summed E-state index contributed by atoms with van der Waals surface area (Å²) < 4.78 is 30.5. The molecule has 2 aliphatic rings. The Morgan fingerprint density at radius 2 is 1.86 bits per heavy atom. The summed E-state index contributed by atoms with van der Waals surface area (Å²) in [6.07, 6.45) is 7.09. The Bertz CT molecular complexity index is 1360. The van der Waals surface area contributed by atoms with E-state index in [1.807, 2.05) is 0 Å². The maximum absolute atomic E-state index is 12.5. The fourth-order valence-electron chi connectivity index (χ4n) is 3.74. The third-order valence-corrected chi connectivity index (χ3v) is 8.16. The highest BCUT2D eigenvalue weighted by molar-refractivity contribution is 7.92. The average molecular weight is 527 g/mol. The van der Waals surface area contributed by atoms with Gasteiger partial charge in [0.05, 0.1) is 34.9 Å². The highest BCUT2D eigenvalue weighted by Gasteiger charge is 2.31. The number of sulfone groups is 1. The van der Waals surface area contributed by atoms with Crippen molar-refractivity contribution in [2.75, 3.05) is 19.5 Å². The van der Waals surface area contributed by atoms with Crippen LogP contribution in [-0.4, -0.2) is 55.8 Å². The maximum Gasteiger partial charge on any atom is 0.254 e. The summed E-state index contributed by atoms with van der Waals surface area (Å²) in [4.78, 5) is 33.4. The number of nitrogens with zero attached hydrogens (tertiary/aromatic N) is 2. The molecule has 1 atom stereocenters. The van der Waals surface area contributed by atoms with Gasteiger partial charge >= 0.3 is 0 Å². The number of aromatic nitrogens is 2. The van der Waals surface area contributed by atoms with E-state index in [1.54, 1.807) is 44.3 Å². The first-order valence-corrected chi connectivity index (χ1v) is 13.4. The van der Waals surface area contributed by atoms with Crippen LogP contribution in [0.15, 0.2) is 59.0 Å². The van der Waals surface area contributed by atoms with Gasteiger partial charge in [0.25, 0.3) is 5.91 Å². The smallest absolute Gasteiger partial charge is 0.254 e. The van der Waals surface area contributed by atoms with Crippen LogP contribution in [0.5, 0.6) is 5.75 Å². The van der Waals surface area contributed by atoms with Crippen LogP contribution in [0.4, 0.5) is 5.69 Å². The van der Waals surface area contributed by atoms with Crippen LogP contribution in [0.2, 0.25) is 0 Å². The van der Waals surface area contributed by atoms with Crippen molar-refractivity contribution in [3.8, 4) is 17.1 Å². The second-order valence-corrected chi connectivity index (χ2v) is 11.5. The van der Waals surface area contributed by atoms with E-state index in [4.69, 9.17) is 4.74 Å². The minimum Gasteiger partial charge on any atom is -0.494 e. The van der Waals surface area contributed by atoms with Crippen LogP contribution in [0.25, 0.3) is 11.4 Å². The largest absolute Gasteiger partial charge is 0.494 e. The van der Waals surface area contributed by atoms with Crippen molar-refractivity contribution in [1.82, 2.24) is 25.9 Å². The van der Waals surface area contributed by atoms with Gasteiger partial charge in [-0.1, -0.05) is 6.07 Å². The molecular weight excluding hydrogens is 496 g/mol. The monoisotopic (exact) mass is 526 g/mol.